The van der Waals surface area contributed by atoms with E-state index in [0.717, 1.165) is 0 Å². The van der Waals surface area contributed by atoms with Gasteiger partial charge in [0.05, 0.1) is 17.2 Å². The fraction of sp³-hybridized carbons (Fsp3) is 0.273. The van der Waals surface area contributed by atoms with Gasteiger partial charge in [-0.05, 0) is 19.1 Å². The van der Waals surface area contributed by atoms with Crippen molar-refractivity contribution >= 4 is 17.6 Å². The monoisotopic (exact) mass is 257 g/mol. The Hall–Kier alpha value is -1.80. The van der Waals surface area contributed by atoms with Crippen molar-refractivity contribution in [2.24, 2.45) is 0 Å². The first-order valence-electron chi connectivity index (χ1n) is 4.75. The summed E-state index contributed by atoms with van der Waals surface area (Å²) in [6.45, 7) is 1.62. The SMILES string of the molecule is CCOC(=O)C(F)Oc1ccc(C#N)c(Cl)c1. The van der Waals surface area contributed by atoms with Gasteiger partial charge in [0.15, 0.2) is 0 Å². The second kappa shape index (κ2) is 6.06. The zero-order chi connectivity index (χ0) is 12.8. The zero-order valence-corrected chi connectivity index (χ0v) is 9.70. The Morgan fingerprint density at radius 1 is 1.65 bits per heavy atom. The first kappa shape index (κ1) is 13.3. The van der Waals surface area contributed by atoms with Gasteiger partial charge in [0, 0.05) is 6.07 Å². The lowest BCUT2D eigenvalue weighted by atomic mass is 10.2. The van der Waals surface area contributed by atoms with Crippen LogP contribution in [0.1, 0.15) is 12.5 Å². The van der Waals surface area contributed by atoms with E-state index in [-0.39, 0.29) is 22.9 Å². The predicted molar refractivity (Wildman–Crippen MR) is 58.3 cm³/mol. The van der Waals surface area contributed by atoms with Crippen LogP contribution < -0.4 is 4.74 Å². The molecule has 0 saturated carbocycles. The number of esters is 1. The van der Waals surface area contributed by atoms with E-state index in [0.29, 0.717) is 0 Å². The maximum Gasteiger partial charge on any atom is 0.381 e. The summed E-state index contributed by atoms with van der Waals surface area (Å²) in [5.41, 5.74) is 0.241. The summed E-state index contributed by atoms with van der Waals surface area (Å²) in [5.74, 6) is -1.05. The van der Waals surface area contributed by atoms with Crippen molar-refractivity contribution in [2.75, 3.05) is 6.61 Å². The van der Waals surface area contributed by atoms with Crippen LogP contribution >= 0.6 is 11.6 Å². The van der Waals surface area contributed by atoms with Crippen LogP contribution in [0.15, 0.2) is 18.2 Å². The Morgan fingerprint density at radius 3 is 2.88 bits per heavy atom. The molecule has 0 fully saturated rings. The maximum atomic E-state index is 13.2. The molecule has 0 amide bonds. The van der Waals surface area contributed by atoms with Gasteiger partial charge in [-0.25, -0.2) is 4.79 Å². The van der Waals surface area contributed by atoms with Crippen molar-refractivity contribution in [2.45, 2.75) is 13.3 Å². The Morgan fingerprint density at radius 2 is 2.35 bits per heavy atom. The molecule has 0 bridgehead atoms. The van der Waals surface area contributed by atoms with Crippen LogP contribution in [0, 0.1) is 11.3 Å². The number of hydrogen-bond donors (Lipinski definition) is 0. The lowest BCUT2D eigenvalue weighted by molar-refractivity contribution is -0.159. The molecular formula is C11H9ClFNO3. The third-order valence-electron chi connectivity index (χ3n) is 1.77. The third-order valence-corrected chi connectivity index (χ3v) is 2.09. The number of rotatable bonds is 4. The van der Waals surface area contributed by atoms with Gasteiger partial charge in [-0.2, -0.15) is 9.65 Å². The Kier molecular flexibility index (Phi) is 4.73. The summed E-state index contributed by atoms with van der Waals surface area (Å²) >= 11 is 5.71. The molecule has 0 aliphatic carbocycles. The Balaban J connectivity index is 2.73. The molecule has 90 valence electrons. The normalized spacial score (nSPS) is 11.4. The highest BCUT2D eigenvalue weighted by molar-refractivity contribution is 6.31. The molecule has 1 unspecified atom stereocenters. The van der Waals surface area contributed by atoms with Gasteiger partial charge in [0.25, 0.3) is 0 Å². The van der Waals surface area contributed by atoms with Crippen LogP contribution in [0.25, 0.3) is 0 Å². The van der Waals surface area contributed by atoms with Gasteiger partial charge in [0.2, 0.25) is 0 Å². The molecule has 1 aromatic rings. The lowest BCUT2D eigenvalue weighted by Crippen LogP contribution is -2.24. The molecule has 0 radical (unpaired) electrons. The number of hydrogen-bond acceptors (Lipinski definition) is 4. The second-order valence-electron chi connectivity index (χ2n) is 2.94. The Bertz CT molecular complexity index is 459. The quantitative estimate of drug-likeness (QED) is 0.778. The molecule has 1 rings (SSSR count). The van der Waals surface area contributed by atoms with Crippen LogP contribution in [0.5, 0.6) is 5.75 Å². The molecule has 0 spiro atoms. The largest absolute Gasteiger partial charge is 0.461 e. The van der Waals surface area contributed by atoms with E-state index in [1.165, 1.54) is 18.2 Å². The first-order valence-corrected chi connectivity index (χ1v) is 5.13. The average molecular weight is 258 g/mol. The summed E-state index contributed by atoms with van der Waals surface area (Å²) in [5, 5.41) is 8.75. The van der Waals surface area contributed by atoms with Crippen molar-refractivity contribution in [3.63, 3.8) is 0 Å². The average Bonchev–Trinajstić information content (AvgIpc) is 2.29. The molecule has 0 N–H and O–H groups in total. The smallest absolute Gasteiger partial charge is 0.381 e. The van der Waals surface area contributed by atoms with E-state index in [1.54, 1.807) is 6.92 Å². The van der Waals surface area contributed by atoms with Crippen LogP contribution in [-0.2, 0) is 9.53 Å². The minimum atomic E-state index is -2.21. The number of halogens is 2. The molecule has 0 aliphatic heterocycles. The number of ether oxygens (including phenoxy) is 2. The van der Waals surface area contributed by atoms with E-state index in [4.69, 9.17) is 16.9 Å². The van der Waals surface area contributed by atoms with Gasteiger partial charge < -0.3 is 9.47 Å². The number of nitriles is 1. The molecule has 0 aromatic heterocycles. The van der Waals surface area contributed by atoms with Crippen LogP contribution in [0.2, 0.25) is 5.02 Å². The topological polar surface area (TPSA) is 59.3 Å². The highest BCUT2D eigenvalue weighted by Crippen LogP contribution is 2.23. The van der Waals surface area contributed by atoms with Crippen LogP contribution in [-0.4, -0.2) is 18.9 Å². The summed E-state index contributed by atoms with van der Waals surface area (Å²) in [6.07, 6.45) is -2.21. The number of carbonyl (C=O) groups is 1. The molecule has 0 aliphatic rings. The van der Waals surface area contributed by atoms with E-state index in [2.05, 4.69) is 9.47 Å². The van der Waals surface area contributed by atoms with Crippen molar-refractivity contribution < 1.29 is 18.7 Å². The van der Waals surface area contributed by atoms with Gasteiger partial charge in [0.1, 0.15) is 11.8 Å². The molecule has 0 heterocycles. The predicted octanol–water partition coefficient (Wildman–Crippen LogP) is 2.45. The molecule has 1 aromatic carbocycles. The summed E-state index contributed by atoms with van der Waals surface area (Å²) < 4.78 is 22.3. The summed E-state index contributed by atoms with van der Waals surface area (Å²) in [7, 11) is 0. The minimum Gasteiger partial charge on any atom is -0.461 e. The summed E-state index contributed by atoms with van der Waals surface area (Å²) in [4.78, 5) is 10.9. The second-order valence-corrected chi connectivity index (χ2v) is 3.35. The van der Waals surface area contributed by atoms with Crippen molar-refractivity contribution in [1.29, 1.82) is 5.26 Å². The number of alkyl halides is 1. The highest BCUT2D eigenvalue weighted by atomic mass is 35.5. The number of carbonyl (C=O) groups excluding carboxylic acids is 1. The highest BCUT2D eigenvalue weighted by Gasteiger charge is 2.20. The molecule has 4 nitrogen and oxygen atoms in total. The molecule has 0 saturated heterocycles. The summed E-state index contributed by atoms with van der Waals surface area (Å²) in [6, 6.07) is 5.82. The first-order chi connectivity index (χ1) is 8.08. The van der Waals surface area contributed by atoms with Gasteiger partial charge >= 0.3 is 12.3 Å². The van der Waals surface area contributed by atoms with Crippen molar-refractivity contribution in [3.8, 4) is 11.8 Å². The van der Waals surface area contributed by atoms with Gasteiger partial charge in [-0.15, -0.1) is 0 Å². The van der Waals surface area contributed by atoms with Crippen LogP contribution in [0.4, 0.5) is 4.39 Å². The minimum absolute atomic E-state index is 0.0505. The van der Waals surface area contributed by atoms with E-state index >= 15 is 0 Å². The Labute approximate surface area is 103 Å². The molecule has 6 heteroatoms. The molecule has 1 atom stereocenters. The lowest BCUT2D eigenvalue weighted by Gasteiger charge is -2.10. The third kappa shape index (κ3) is 3.61. The zero-order valence-electron chi connectivity index (χ0n) is 8.94. The standard InChI is InChI=1S/C11H9ClFNO3/c1-2-16-11(15)10(13)17-8-4-3-7(6-14)9(12)5-8/h3-5,10H,2H2,1H3. The van der Waals surface area contributed by atoms with Crippen molar-refractivity contribution in [1.82, 2.24) is 0 Å². The van der Waals surface area contributed by atoms with Crippen LogP contribution in [0.3, 0.4) is 0 Å². The maximum absolute atomic E-state index is 13.2. The van der Waals surface area contributed by atoms with Gasteiger partial charge in [-0.3, -0.25) is 0 Å². The van der Waals surface area contributed by atoms with E-state index in [9.17, 15) is 9.18 Å². The number of nitrogens with zero attached hydrogens (tertiary/aromatic N) is 1. The van der Waals surface area contributed by atoms with E-state index < -0.39 is 12.3 Å². The van der Waals surface area contributed by atoms with E-state index in [1.807, 2.05) is 6.07 Å². The number of benzene rings is 1. The fourth-order valence-corrected chi connectivity index (χ4v) is 1.25. The fourth-order valence-electron chi connectivity index (χ4n) is 1.04. The van der Waals surface area contributed by atoms with Gasteiger partial charge in [-0.1, -0.05) is 11.6 Å². The molecule has 17 heavy (non-hydrogen) atoms. The molecular weight excluding hydrogens is 249 g/mol. The van der Waals surface area contributed by atoms with Crippen molar-refractivity contribution in [3.05, 3.63) is 28.8 Å².